The van der Waals surface area contributed by atoms with E-state index in [1.807, 2.05) is 4.90 Å². The average Bonchev–Trinajstić information content (AvgIpc) is 3.10. The third-order valence-electron chi connectivity index (χ3n) is 4.82. The summed E-state index contributed by atoms with van der Waals surface area (Å²) in [5.41, 5.74) is 0.481. The summed E-state index contributed by atoms with van der Waals surface area (Å²) in [6.07, 6.45) is 6.83. The second kappa shape index (κ2) is 7.47. The van der Waals surface area contributed by atoms with Gasteiger partial charge in [-0.1, -0.05) is 0 Å². The number of carbonyl (C=O) groups excluding carboxylic acids is 1. The van der Waals surface area contributed by atoms with Gasteiger partial charge in [-0.2, -0.15) is 0 Å². The highest BCUT2D eigenvalue weighted by atomic mass is 16.5. The number of amides is 1. The molecule has 6 heteroatoms. The SMILES string of the molecule is COCCOC1CCOC2(CCN(C(=O)c3ccoc3)CC2)C1. The van der Waals surface area contributed by atoms with Gasteiger partial charge in [-0.25, -0.2) is 0 Å². The maximum atomic E-state index is 12.4. The van der Waals surface area contributed by atoms with E-state index in [1.54, 1.807) is 13.2 Å². The van der Waals surface area contributed by atoms with Gasteiger partial charge in [0.1, 0.15) is 6.26 Å². The van der Waals surface area contributed by atoms with Crippen LogP contribution >= 0.6 is 0 Å². The second-order valence-corrected chi connectivity index (χ2v) is 6.31. The molecular formula is C17H25NO5. The highest BCUT2D eigenvalue weighted by molar-refractivity contribution is 5.93. The van der Waals surface area contributed by atoms with Crippen LogP contribution in [0, 0.1) is 0 Å². The summed E-state index contributed by atoms with van der Waals surface area (Å²) in [4.78, 5) is 14.2. The summed E-state index contributed by atoms with van der Waals surface area (Å²) in [5.74, 6) is 0.0392. The molecule has 3 heterocycles. The fourth-order valence-electron chi connectivity index (χ4n) is 3.46. The summed E-state index contributed by atoms with van der Waals surface area (Å²) < 4.78 is 22.0. The van der Waals surface area contributed by atoms with Gasteiger partial charge in [0.2, 0.25) is 0 Å². The summed E-state index contributed by atoms with van der Waals surface area (Å²) >= 11 is 0. The van der Waals surface area contributed by atoms with Gasteiger partial charge in [0.25, 0.3) is 5.91 Å². The van der Waals surface area contributed by atoms with Crippen molar-refractivity contribution in [2.24, 2.45) is 0 Å². The third-order valence-corrected chi connectivity index (χ3v) is 4.82. The molecule has 23 heavy (non-hydrogen) atoms. The van der Waals surface area contributed by atoms with E-state index in [-0.39, 0.29) is 17.6 Å². The van der Waals surface area contributed by atoms with Crippen LogP contribution in [0.1, 0.15) is 36.0 Å². The number of piperidine rings is 1. The molecule has 3 rings (SSSR count). The van der Waals surface area contributed by atoms with Gasteiger partial charge in [-0.15, -0.1) is 0 Å². The number of carbonyl (C=O) groups is 1. The van der Waals surface area contributed by atoms with E-state index in [1.165, 1.54) is 12.5 Å². The average molecular weight is 323 g/mol. The predicted molar refractivity (Wildman–Crippen MR) is 83.4 cm³/mol. The fraction of sp³-hybridized carbons (Fsp3) is 0.706. The van der Waals surface area contributed by atoms with Gasteiger partial charge in [-0.3, -0.25) is 4.79 Å². The molecular weight excluding hydrogens is 298 g/mol. The zero-order valence-electron chi connectivity index (χ0n) is 13.7. The quantitative estimate of drug-likeness (QED) is 0.777. The van der Waals surface area contributed by atoms with E-state index in [4.69, 9.17) is 18.6 Å². The van der Waals surface area contributed by atoms with Crippen LogP contribution in [0.15, 0.2) is 23.0 Å². The molecule has 1 atom stereocenters. The normalized spacial score (nSPS) is 24.0. The number of hydrogen-bond donors (Lipinski definition) is 0. The summed E-state index contributed by atoms with van der Waals surface area (Å²) in [6, 6.07) is 1.71. The van der Waals surface area contributed by atoms with E-state index in [9.17, 15) is 4.79 Å². The van der Waals surface area contributed by atoms with Gasteiger partial charge in [0.15, 0.2) is 0 Å². The molecule has 0 saturated carbocycles. The smallest absolute Gasteiger partial charge is 0.257 e. The Kier molecular flexibility index (Phi) is 5.35. The van der Waals surface area contributed by atoms with E-state index in [0.717, 1.165) is 45.4 Å². The highest BCUT2D eigenvalue weighted by Gasteiger charge is 2.41. The Morgan fingerprint density at radius 1 is 1.39 bits per heavy atom. The van der Waals surface area contributed by atoms with Crippen molar-refractivity contribution in [1.82, 2.24) is 4.90 Å². The number of nitrogens with zero attached hydrogens (tertiary/aromatic N) is 1. The fourth-order valence-corrected chi connectivity index (χ4v) is 3.46. The van der Waals surface area contributed by atoms with Gasteiger partial charge >= 0.3 is 0 Å². The molecule has 1 aromatic heterocycles. The molecule has 1 unspecified atom stereocenters. The molecule has 1 spiro atoms. The monoisotopic (exact) mass is 323 g/mol. The van der Waals surface area contributed by atoms with Crippen molar-refractivity contribution in [3.63, 3.8) is 0 Å². The van der Waals surface area contributed by atoms with Crippen molar-refractivity contribution in [1.29, 1.82) is 0 Å². The Bertz CT molecular complexity index is 493. The molecule has 2 saturated heterocycles. The lowest BCUT2D eigenvalue weighted by atomic mass is 9.83. The summed E-state index contributed by atoms with van der Waals surface area (Å²) in [6.45, 7) is 3.41. The lowest BCUT2D eigenvalue weighted by Crippen LogP contribution is -2.52. The zero-order valence-corrected chi connectivity index (χ0v) is 13.7. The Labute approximate surface area is 136 Å². The molecule has 2 aliphatic heterocycles. The molecule has 0 radical (unpaired) electrons. The van der Waals surface area contributed by atoms with Crippen LogP contribution in [0.25, 0.3) is 0 Å². The Hall–Kier alpha value is -1.37. The highest BCUT2D eigenvalue weighted by Crippen LogP contribution is 2.36. The van der Waals surface area contributed by atoms with Crippen molar-refractivity contribution in [2.75, 3.05) is 40.0 Å². The lowest BCUT2D eigenvalue weighted by molar-refractivity contribution is -0.154. The molecule has 6 nitrogen and oxygen atoms in total. The molecule has 128 valence electrons. The molecule has 2 fully saturated rings. The van der Waals surface area contributed by atoms with Gasteiger partial charge < -0.3 is 23.5 Å². The van der Waals surface area contributed by atoms with Crippen molar-refractivity contribution < 1.29 is 23.4 Å². The zero-order chi connectivity index (χ0) is 16.1. The number of furan rings is 1. The number of methoxy groups -OCH3 is 1. The second-order valence-electron chi connectivity index (χ2n) is 6.31. The number of rotatable bonds is 5. The van der Waals surface area contributed by atoms with Crippen LogP contribution < -0.4 is 0 Å². The molecule has 0 N–H and O–H groups in total. The Morgan fingerprint density at radius 2 is 2.22 bits per heavy atom. The molecule has 2 aliphatic rings. The first-order chi connectivity index (χ1) is 11.2. The first-order valence-electron chi connectivity index (χ1n) is 8.28. The van der Waals surface area contributed by atoms with E-state index < -0.39 is 0 Å². The maximum absolute atomic E-state index is 12.4. The predicted octanol–water partition coefficient (Wildman–Crippen LogP) is 2.10. The molecule has 0 aliphatic carbocycles. The van der Waals surface area contributed by atoms with Gasteiger partial charge in [0, 0.05) is 33.2 Å². The topological polar surface area (TPSA) is 61.1 Å². The summed E-state index contributed by atoms with van der Waals surface area (Å²) in [5, 5.41) is 0. The Balaban J connectivity index is 1.52. The number of hydrogen-bond acceptors (Lipinski definition) is 5. The van der Waals surface area contributed by atoms with Crippen molar-refractivity contribution in [3.05, 3.63) is 24.2 Å². The number of ether oxygens (including phenoxy) is 3. The lowest BCUT2D eigenvalue weighted by Gasteiger charge is -2.46. The number of likely N-dealkylation sites (tertiary alicyclic amines) is 1. The van der Waals surface area contributed by atoms with Gasteiger partial charge in [0.05, 0.1) is 36.7 Å². The van der Waals surface area contributed by atoms with Crippen LogP contribution in [-0.2, 0) is 14.2 Å². The summed E-state index contributed by atoms with van der Waals surface area (Å²) in [7, 11) is 1.68. The standard InChI is InChI=1S/C17H25NO5/c1-20-10-11-22-15-3-9-23-17(12-15)4-6-18(7-5-17)16(19)14-2-8-21-13-14/h2,8,13,15H,3-7,9-12H2,1H3. The first kappa shape index (κ1) is 16.5. The first-order valence-corrected chi connectivity index (χ1v) is 8.28. The van der Waals surface area contributed by atoms with E-state index in [2.05, 4.69) is 0 Å². The van der Waals surface area contributed by atoms with Crippen LogP contribution in [0.5, 0.6) is 0 Å². The van der Waals surface area contributed by atoms with Crippen LogP contribution in [0.2, 0.25) is 0 Å². The van der Waals surface area contributed by atoms with E-state index in [0.29, 0.717) is 18.8 Å². The van der Waals surface area contributed by atoms with Crippen molar-refractivity contribution in [3.8, 4) is 0 Å². The minimum absolute atomic E-state index is 0.0392. The van der Waals surface area contributed by atoms with E-state index >= 15 is 0 Å². The molecule has 0 aromatic carbocycles. The van der Waals surface area contributed by atoms with Crippen LogP contribution in [0.4, 0.5) is 0 Å². The van der Waals surface area contributed by atoms with Crippen LogP contribution in [-0.4, -0.2) is 62.5 Å². The maximum Gasteiger partial charge on any atom is 0.257 e. The Morgan fingerprint density at radius 3 is 2.91 bits per heavy atom. The van der Waals surface area contributed by atoms with Gasteiger partial charge in [-0.05, 0) is 25.3 Å². The third kappa shape index (κ3) is 3.94. The minimum atomic E-state index is -0.136. The molecule has 1 aromatic rings. The van der Waals surface area contributed by atoms with Crippen LogP contribution in [0.3, 0.4) is 0 Å². The largest absolute Gasteiger partial charge is 0.472 e. The molecule has 1 amide bonds. The van der Waals surface area contributed by atoms with Crippen molar-refractivity contribution in [2.45, 2.75) is 37.4 Å². The minimum Gasteiger partial charge on any atom is -0.472 e. The molecule has 0 bridgehead atoms. The van der Waals surface area contributed by atoms with Crippen molar-refractivity contribution >= 4 is 5.91 Å².